The highest BCUT2D eigenvalue weighted by molar-refractivity contribution is 8.18. The first kappa shape index (κ1) is 21.5. The van der Waals surface area contributed by atoms with Crippen LogP contribution in [0.3, 0.4) is 0 Å². The molecule has 1 aromatic heterocycles. The van der Waals surface area contributed by atoms with Gasteiger partial charge in [0, 0.05) is 35.8 Å². The number of benzene rings is 2. The van der Waals surface area contributed by atoms with Gasteiger partial charge in [-0.05, 0) is 54.1 Å². The summed E-state index contributed by atoms with van der Waals surface area (Å²) in [5, 5.41) is 11.2. The smallest absolute Gasteiger partial charge is 0.331 e. The van der Waals surface area contributed by atoms with Crippen molar-refractivity contribution < 1.29 is 24.2 Å². The normalized spacial score (nSPS) is 16.3. The molecule has 9 heteroatoms. The Morgan fingerprint density at radius 1 is 1.25 bits per heavy atom. The molecule has 2 N–H and O–H groups in total. The number of aromatic amines is 1. The predicted molar refractivity (Wildman–Crippen MR) is 123 cm³/mol. The van der Waals surface area contributed by atoms with Crippen LogP contribution in [-0.4, -0.2) is 52.8 Å². The van der Waals surface area contributed by atoms with Crippen molar-refractivity contribution in [3.63, 3.8) is 0 Å². The molecule has 4 rings (SSSR count). The second-order valence-corrected chi connectivity index (χ2v) is 7.99. The Labute approximate surface area is 188 Å². The molecule has 0 atom stereocenters. The number of amidine groups is 1. The number of carbonyl (C=O) groups excluding carboxylic acids is 2. The molecule has 32 heavy (non-hydrogen) atoms. The quantitative estimate of drug-likeness (QED) is 0.437. The number of methoxy groups -OCH3 is 2. The second-order valence-electron chi connectivity index (χ2n) is 6.98. The van der Waals surface area contributed by atoms with E-state index in [9.17, 15) is 14.7 Å². The van der Waals surface area contributed by atoms with Crippen molar-refractivity contribution >= 4 is 45.4 Å². The Hall–Kier alpha value is -3.72. The van der Waals surface area contributed by atoms with Crippen LogP contribution in [0.25, 0.3) is 10.9 Å². The number of ether oxygens (including phenoxy) is 2. The summed E-state index contributed by atoms with van der Waals surface area (Å²) in [7, 11) is 2.83. The lowest BCUT2D eigenvalue weighted by Gasteiger charge is -2.15. The highest BCUT2D eigenvalue weighted by Gasteiger charge is 2.34. The minimum atomic E-state index is -0.601. The zero-order chi connectivity index (χ0) is 22.7. The maximum Gasteiger partial charge on any atom is 0.331 e. The third-order valence-corrected chi connectivity index (χ3v) is 5.98. The Balaban J connectivity index is 1.64. The largest absolute Gasteiger partial charge is 0.508 e. The lowest BCUT2D eigenvalue weighted by molar-refractivity contribution is -0.135. The molecular formula is C23H21N3O5S. The first-order valence-electron chi connectivity index (χ1n) is 9.79. The summed E-state index contributed by atoms with van der Waals surface area (Å²) < 4.78 is 9.92. The maximum absolute atomic E-state index is 13.0. The first-order valence-corrected chi connectivity index (χ1v) is 10.6. The number of thioether (sulfide) groups is 1. The molecule has 0 saturated carbocycles. The molecule has 0 aliphatic carbocycles. The number of phenolic OH excluding ortho intramolecular Hbond substituents is 1. The Morgan fingerprint density at radius 2 is 2.09 bits per heavy atom. The Bertz CT molecular complexity index is 1250. The summed E-state index contributed by atoms with van der Waals surface area (Å²) in [5.74, 6) is -0.0911. The van der Waals surface area contributed by atoms with Crippen molar-refractivity contribution in [1.82, 2.24) is 9.88 Å². The minimum absolute atomic E-state index is 0.176. The van der Waals surface area contributed by atoms with Crippen LogP contribution in [0.2, 0.25) is 0 Å². The van der Waals surface area contributed by atoms with E-state index in [1.54, 1.807) is 36.3 Å². The third-order valence-electron chi connectivity index (χ3n) is 4.97. The number of nitrogens with zero attached hydrogens (tertiary/aromatic N) is 2. The van der Waals surface area contributed by atoms with Crippen molar-refractivity contribution in [2.24, 2.45) is 4.99 Å². The summed E-state index contributed by atoms with van der Waals surface area (Å²) in [5.41, 5.74) is 2.48. The number of hydrogen-bond donors (Lipinski definition) is 2. The molecule has 1 amide bonds. The second kappa shape index (κ2) is 9.19. The maximum atomic E-state index is 13.0. The molecule has 1 saturated heterocycles. The lowest BCUT2D eigenvalue weighted by atomic mass is 10.1. The predicted octanol–water partition coefficient (Wildman–Crippen LogP) is 3.74. The molecule has 0 spiro atoms. The van der Waals surface area contributed by atoms with Gasteiger partial charge < -0.3 is 19.6 Å². The summed E-state index contributed by atoms with van der Waals surface area (Å²) >= 11 is 1.12. The van der Waals surface area contributed by atoms with Gasteiger partial charge in [-0.2, -0.15) is 0 Å². The van der Waals surface area contributed by atoms with Crippen LogP contribution in [0.5, 0.6) is 11.5 Å². The number of aromatic hydroxyl groups is 1. The van der Waals surface area contributed by atoms with Crippen LogP contribution in [0, 0.1) is 0 Å². The van der Waals surface area contributed by atoms with Crippen LogP contribution in [0.4, 0.5) is 5.69 Å². The summed E-state index contributed by atoms with van der Waals surface area (Å²) in [4.78, 5) is 34.3. The van der Waals surface area contributed by atoms with Crippen molar-refractivity contribution in [3.05, 3.63) is 65.2 Å². The van der Waals surface area contributed by atoms with E-state index in [4.69, 9.17) is 4.74 Å². The van der Waals surface area contributed by atoms with E-state index in [2.05, 4.69) is 14.7 Å². The van der Waals surface area contributed by atoms with Gasteiger partial charge in [0.15, 0.2) is 5.17 Å². The molecule has 0 bridgehead atoms. The minimum Gasteiger partial charge on any atom is -0.508 e. The van der Waals surface area contributed by atoms with E-state index in [0.717, 1.165) is 28.2 Å². The number of esters is 1. The molecule has 1 fully saturated rings. The van der Waals surface area contributed by atoms with Gasteiger partial charge in [0.25, 0.3) is 5.91 Å². The molecule has 8 nitrogen and oxygen atoms in total. The molecule has 1 aliphatic rings. The van der Waals surface area contributed by atoms with E-state index in [0.29, 0.717) is 29.6 Å². The number of fused-ring (bicyclic) bond motifs is 1. The summed E-state index contributed by atoms with van der Waals surface area (Å²) in [6.45, 7) is 0.343. The van der Waals surface area contributed by atoms with Gasteiger partial charge in [0.1, 0.15) is 11.5 Å². The first-order chi connectivity index (χ1) is 15.5. The van der Waals surface area contributed by atoms with E-state index >= 15 is 0 Å². The molecule has 164 valence electrons. The number of aromatic nitrogens is 1. The van der Waals surface area contributed by atoms with Crippen LogP contribution in [-0.2, 0) is 20.7 Å². The third kappa shape index (κ3) is 4.47. The number of H-pyrrole nitrogens is 1. The molecule has 0 radical (unpaired) electrons. The van der Waals surface area contributed by atoms with E-state index in [1.807, 2.05) is 24.4 Å². The SMILES string of the molecule is COC(=O)/C=C1/SC(=Nc2cccc(OC)c2)N(CCc2c[nH]c3ccc(O)cc23)C1=O. The highest BCUT2D eigenvalue weighted by Crippen LogP contribution is 2.34. The molecule has 1 aliphatic heterocycles. The zero-order valence-corrected chi connectivity index (χ0v) is 18.3. The number of amides is 1. The lowest BCUT2D eigenvalue weighted by Crippen LogP contribution is -2.31. The van der Waals surface area contributed by atoms with Crippen molar-refractivity contribution in [2.45, 2.75) is 6.42 Å². The standard InChI is InChI=1S/C23H21N3O5S/c1-30-17-5-3-4-15(10-17)25-23-26(22(29)20(32-23)12-21(28)31-2)9-8-14-13-24-19-7-6-16(27)11-18(14)19/h3-7,10-13,24,27H,8-9H2,1-2H3/b20-12+,25-23?. The van der Waals surface area contributed by atoms with Gasteiger partial charge in [0.05, 0.1) is 24.8 Å². The molecular weight excluding hydrogens is 430 g/mol. The topological polar surface area (TPSA) is 104 Å². The van der Waals surface area contributed by atoms with E-state index < -0.39 is 5.97 Å². The van der Waals surface area contributed by atoms with Gasteiger partial charge >= 0.3 is 5.97 Å². The number of aliphatic imine (C=N–C) groups is 1. The van der Waals surface area contributed by atoms with Crippen molar-refractivity contribution in [1.29, 1.82) is 0 Å². The van der Waals surface area contributed by atoms with Crippen LogP contribution < -0.4 is 4.74 Å². The Kier molecular flexibility index (Phi) is 6.18. The summed E-state index contributed by atoms with van der Waals surface area (Å²) in [6.07, 6.45) is 3.57. The van der Waals surface area contributed by atoms with Crippen molar-refractivity contribution in [3.8, 4) is 11.5 Å². The van der Waals surface area contributed by atoms with Gasteiger partial charge in [-0.3, -0.25) is 9.69 Å². The van der Waals surface area contributed by atoms with E-state index in [-0.39, 0.29) is 16.6 Å². The molecule has 2 heterocycles. The van der Waals surface area contributed by atoms with Crippen LogP contribution in [0.1, 0.15) is 5.56 Å². The van der Waals surface area contributed by atoms with Gasteiger partial charge in [0.2, 0.25) is 0 Å². The van der Waals surface area contributed by atoms with E-state index in [1.165, 1.54) is 13.2 Å². The fourth-order valence-corrected chi connectivity index (χ4v) is 4.34. The number of carbonyl (C=O) groups is 2. The fourth-order valence-electron chi connectivity index (χ4n) is 3.35. The molecule has 0 unspecified atom stereocenters. The average molecular weight is 452 g/mol. The number of nitrogens with one attached hydrogen (secondary N) is 1. The average Bonchev–Trinajstić information content (AvgIpc) is 3.32. The van der Waals surface area contributed by atoms with Crippen LogP contribution in [0.15, 0.2) is 64.6 Å². The molecule has 2 aromatic carbocycles. The zero-order valence-electron chi connectivity index (χ0n) is 17.5. The van der Waals surface area contributed by atoms with Gasteiger partial charge in [-0.1, -0.05) is 6.07 Å². The Morgan fingerprint density at radius 3 is 2.88 bits per heavy atom. The van der Waals surface area contributed by atoms with Crippen LogP contribution >= 0.6 is 11.8 Å². The fraction of sp³-hybridized carbons (Fsp3) is 0.174. The number of phenols is 1. The van der Waals surface area contributed by atoms with Gasteiger partial charge in [-0.15, -0.1) is 0 Å². The van der Waals surface area contributed by atoms with Gasteiger partial charge in [-0.25, -0.2) is 9.79 Å². The van der Waals surface area contributed by atoms with Crippen molar-refractivity contribution in [2.75, 3.05) is 20.8 Å². The monoisotopic (exact) mass is 451 g/mol. The highest BCUT2D eigenvalue weighted by atomic mass is 32.2. The number of rotatable bonds is 6. The summed E-state index contributed by atoms with van der Waals surface area (Å²) in [6, 6.07) is 12.3. The molecule has 3 aromatic rings. The number of hydrogen-bond acceptors (Lipinski definition) is 7.